The van der Waals surface area contributed by atoms with E-state index in [1.54, 1.807) is 0 Å². The minimum absolute atomic E-state index is 0. The maximum absolute atomic E-state index is 7.62. The van der Waals surface area contributed by atoms with E-state index in [1.165, 1.54) is 0 Å². The van der Waals surface area contributed by atoms with Crippen molar-refractivity contribution >= 4 is 0 Å². The van der Waals surface area contributed by atoms with Crippen LogP contribution >= 0.6 is 0 Å². The van der Waals surface area contributed by atoms with Crippen molar-refractivity contribution in [1.29, 1.82) is 10.5 Å². The van der Waals surface area contributed by atoms with E-state index in [2.05, 4.69) is 20.0 Å². The molecule has 0 aliphatic rings. The maximum Gasteiger partial charge on any atom is 0 e. The standard InChI is InChI=1S/2C3H5N.3CO.W/c2*1-2-3-4;3*1-2;/h2*2H2,1H3;;;;. The normalized spacial score (nSPS) is 3.07. The van der Waals surface area contributed by atoms with Crippen molar-refractivity contribution in [2.45, 2.75) is 26.7 Å². The van der Waals surface area contributed by atoms with Gasteiger partial charge in [0, 0.05) is 33.9 Å². The third-order valence-corrected chi connectivity index (χ3v) is 0.316. The zero-order valence-electron chi connectivity index (χ0n) is 8.44. The van der Waals surface area contributed by atoms with Gasteiger partial charge in [-0.05, 0) is 0 Å². The molecule has 0 unspecified atom stereocenters. The summed E-state index contributed by atoms with van der Waals surface area (Å²) in [7, 11) is 0. The molecule has 15 heavy (non-hydrogen) atoms. The van der Waals surface area contributed by atoms with Crippen LogP contribution in [-0.4, -0.2) is 0 Å². The number of rotatable bonds is 0. The summed E-state index contributed by atoms with van der Waals surface area (Å²) in [5, 5.41) is 15.2. The van der Waals surface area contributed by atoms with E-state index in [9.17, 15) is 0 Å². The van der Waals surface area contributed by atoms with E-state index in [4.69, 9.17) is 24.5 Å². The molecule has 0 amide bonds. The molecule has 0 fully saturated rings. The molecular weight excluding hydrogens is 368 g/mol. The Balaban J connectivity index is -0.0000000175. The molecule has 0 saturated heterocycles. The van der Waals surface area contributed by atoms with Crippen LogP contribution in [0.1, 0.15) is 26.7 Å². The van der Waals surface area contributed by atoms with Crippen molar-refractivity contribution in [1.82, 2.24) is 0 Å². The maximum atomic E-state index is 7.62. The monoisotopic (exact) mass is 378 g/mol. The van der Waals surface area contributed by atoms with Gasteiger partial charge < -0.3 is 0 Å². The first kappa shape index (κ1) is 37.1. The summed E-state index contributed by atoms with van der Waals surface area (Å²) in [5.41, 5.74) is 0. The van der Waals surface area contributed by atoms with Gasteiger partial charge in [-0.1, -0.05) is 13.8 Å². The van der Waals surface area contributed by atoms with Gasteiger partial charge in [0.15, 0.2) is 0 Å². The fourth-order valence-electron chi connectivity index (χ4n) is 0. The predicted molar refractivity (Wildman–Crippen MR) is 43.6 cm³/mol. The molecule has 0 aromatic heterocycles. The molecular formula is C9H10N2O3W. The molecule has 0 aliphatic heterocycles. The zero-order valence-corrected chi connectivity index (χ0v) is 11.4. The Kier molecular flexibility index (Phi) is 540. The van der Waals surface area contributed by atoms with Crippen molar-refractivity contribution in [3.05, 3.63) is 20.0 Å². The number of nitriles is 2. The zero-order chi connectivity index (χ0) is 12.8. The van der Waals surface area contributed by atoms with Crippen LogP contribution in [0.3, 0.4) is 0 Å². The number of nitrogens with zero attached hydrogens (tertiary/aromatic N) is 2. The van der Waals surface area contributed by atoms with Gasteiger partial charge >= 0.3 is 33.9 Å². The molecule has 0 bridgehead atoms. The second-order valence-electron chi connectivity index (χ2n) is 1.02. The van der Waals surface area contributed by atoms with Gasteiger partial charge in [0.25, 0.3) is 0 Å². The van der Waals surface area contributed by atoms with Crippen LogP contribution in [0.25, 0.3) is 0 Å². The van der Waals surface area contributed by atoms with Crippen LogP contribution in [0.2, 0.25) is 0 Å². The van der Waals surface area contributed by atoms with Gasteiger partial charge in [-0.2, -0.15) is 10.5 Å². The van der Waals surface area contributed by atoms with Gasteiger partial charge in [-0.15, -0.1) is 0 Å². The Labute approximate surface area is 104 Å². The van der Waals surface area contributed by atoms with Gasteiger partial charge in [-0.25, -0.2) is 0 Å². The smallest absolute Gasteiger partial charge is 0 e. The van der Waals surface area contributed by atoms with Crippen LogP contribution < -0.4 is 0 Å². The average molecular weight is 378 g/mol. The second kappa shape index (κ2) is 218. The predicted octanol–water partition coefficient (Wildman–Crippen LogP) is 1.72. The third-order valence-electron chi connectivity index (χ3n) is 0.316. The van der Waals surface area contributed by atoms with E-state index in [-0.39, 0.29) is 21.1 Å². The molecule has 0 atom stereocenters. The molecule has 0 aromatic carbocycles. The van der Waals surface area contributed by atoms with Crippen LogP contribution in [-0.2, 0) is 35.0 Å². The molecule has 0 aliphatic carbocycles. The molecule has 0 saturated carbocycles. The fraction of sp³-hybridized carbons (Fsp3) is 0.444. The van der Waals surface area contributed by atoms with Crippen LogP contribution in [0.15, 0.2) is 0 Å². The summed E-state index contributed by atoms with van der Waals surface area (Å²) in [6.07, 6.45) is 1.25. The van der Waals surface area contributed by atoms with Gasteiger partial charge in [0.1, 0.15) is 0 Å². The minimum atomic E-state index is 0. The summed E-state index contributed by atoms with van der Waals surface area (Å²) in [6.45, 7) is 17.1. The first-order valence-corrected chi connectivity index (χ1v) is 3.18. The first-order chi connectivity index (χ1) is 6.83. The molecule has 0 heterocycles. The van der Waals surface area contributed by atoms with Gasteiger partial charge in [0.05, 0.1) is 12.1 Å². The summed E-state index contributed by atoms with van der Waals surface area (Å²) in [4.78, 5) is 0. The SMILES string of the molecule is CCC#N.CCC#N.[C-]#[O+].[C-]#[O+].[C-]#[O+].[W]. The van der Waals surface area contributed by atoms with Crippen LogP contribution in [0, 0.1) is 42.6 Å². The summed E-state index contributed by atoms with van der Waals surface area (Å²) in [6, 6.07) is 3.86. The molecule has 6 heteroatoms. The molecule has 0 rings (SSSR count). The largest absolute Gasteiger partial charge is 0 e. The fourth-order valence-corrected chi connectivity index (χ4v) is 0. The molecule has 0 spiro atoms. The summed E-state index contributed by atoms with van der Waals surface area (Å²) >= 11 is 0. The number of hydrogen-bond donors (Lipinski definition) is 0. The van der Waals surface area contributed by atoms with E-state index in [1.807, 2.05) is 26.0 Å². The average Bonchev–Trinajstić information content (AvgIpc) is 2.36. The molecule has 80 valence electrons. The van der Waals surface area contributed by atoms with Crippen LogP contribution in [0.4, 0.5) is 0 Å². The molecule has 0 aromatic rings. The number of hydrogen-bond acceptors (Lipinski definition) is 2. The second-order valence-corrected chi connectivity index (χ2v) is 1.02. The third kappa shape index (κ3) is 1940. The van der Waals surface area contributed by atoms with Crippen molar-refractivity contribution in [2.24, 2.45) is 0 Å². The Morgan fingerprint density at radius 2 is 0.867 bits per heavy atom. The Hall–Kier alpha value is -1.11. The summed E-state index contributed by atoms with van der Waals surface area (Å²) < 4.78 is 22.5. The van der Waals surface area contributed by atoms with E-state index < -0.39 is 0 Å². The van der Waals surface area contributed by atoms with Crippen molar-refractivity contribution in [2.75, 3.05) is 0 Å². The van der Waals surface area contributed by atoms with Gasteiger partial charge in [0.2, 0.25) is 0 Å². The van der Waals surface area contributed by atoms with E-state index in [0.29, 0.717) is 12.8 Å². The first-order valence-electron chi connectivity index (χ1n) is 3.18. The van der Waals surface area contributed by atoms with Crippen LogP contribution in [0.5, 0.6) is 0 Å². The summed E-state index contributed by atoms with van der Waals surface area (Å²) in [5.74, 6) is 0. The Morgan fingerprint density at radius 1 is 0.800 bits per heavy atom. The van der Waals surface area contributed by atoms with E-state index in [0.717, 1.165) is 0 Å². The molecule has 0 N–H and O–H groups in total. The van der Waals surface area contributed by atoms with Gasteiger partial charge in [-0.3, -0.25) is 0 Å². The Morgan fingerprint density at radius 3 is 0.867 bits per heavy atom. The van der Waals surface area contributed by atoms with Crippen molar-refractivity contribution in [3.8, 4) is 12.1 Å². The Bertz CT molecular complexity index is 170. The minimum Gasteiger partial charge on any atom is 0 e. The topological polar surface area (TPSA) is 107 Å². The van der Waals surface area contributed by atoms with E-state index >= 15 is 0 Å². The molecule has 0 radical (unpaired) electrons. The quantitative estimate of drug-likeness (QED) is 0.473. The van der Waals surface area contributed by atoms with Crippen molar-refractivity contribution < 1.29 is 35.0 Å². The molecule has 5 nitrogen and oxygen atoms in total. The van der Waals surface area contributed by atoms with Crippen molar-refractivity contribution in [3.63, 3.8) is 0 Å².